The lowest BCUT2D eigenvalue weighted by Gasteiger charge is -2.53. The van der Waals surface area contributed by atoms with Gasteiger partial charge < -0.3 is 9.64 Å². The minimum absolute atomic E-state index is 0.00607. The van der Waals surface area contributed by atoms with E-state index in [1.54, 1.807) is 12.1 Å². The van der Waals surface area contributed by atoms with Gasteiger partial charge in [0.15, 0.2) is 12.1 Å². The average Bonchev–Trinajstić information content (AvgIpc) is 2.87. The van der Waals surface area contributed by atoms with E-state index in [1.807, 2.05) is 0 Å². The number of fused-ring (bicyclic) bond motifs is 2. The van der Waals surface area contributed by atoms with Crippen LogP contribution >= 0.6 is 0 Å². The lowest BCUT2D eigenvalue weighted by atomic mass is 9.97. The van der Waals surface area contributed by atoms with Crippen molar-refractivity contribution in [2.75, 3.05) is 12.9 Å². The van der Waals surface area contributed by atoms with Crippen LogP contribution in [0.15, 0.2) is 36.4 Å². The predicted octanol–water partition coefficient (Wildman–Crippen LogP) is -0.320. The third-order valence-corrected chi connectivity index (χ3v) is 6.52. The maximum Gasteiger partial charge on any atom is 0.332 e. The summed E-state index contributed by atoms with van der Waals surface area (Å²) in [5, 5.41) is -0.945. The van der Waals surface area contributed by atoms with Crippen molar-refractivity contribution in [2.45, 2.75) is 17.5 Å². The summed E-state index contributed by atoms with van der Waals surface area (Å²) in [7, 11) is -0.405. The Bertz CT molecular complexity index is 891. The van der Waals surface area contributed by atoms with Crippen molar-refractivity contribution in [2.24, 2.45) is 0 Å². The smallest absolute Gasteiger partial charge is 0.332 e. The van der Waals surface area contributed by atoms with Gasteiger partial charge in [-0.05, 0) is 17.7 Å². The fourth-order valence-electron chi connectivity index (χ4n) is 3.65. The Hall–Kier alpha value is -2.81. The monoisotopic (exact) mass is 374 g/mol. The van der Waals surface area contributed by atoms with E-state index in [0.29, 0.717) is 5.57 Å². The van der Waals surface area contributed by atoms with E-state index in [4.69, 9.17) is 4.74 Å². The molecule has 0 N–H and O–H groups in total. The van der Waals surface area contributed by atoms with Crippen LogP contribution in [0.25, 0.3) is 0 Å². The third-order valence-electron chi connectivity index (χ3n) is 4.84. The number of esters is 1. The van der Waals surface area contributed by atoms with E-state index in [2.05, 4.69) is 6.58 Å². The number of hydrogen-bond acceptors (Lipinski definition) is 6. The molecule has 0 spiro atoms. The number of benzene rings is 1. The normalized spacial score (nSPS) is 30.0. The number of carbonyl (C=O) groups excluding carboxylic acids is 4. The topological polar surface area (TPSA) is 101 Å². The van der Waals surface area contributed by atoms with Gasteiger partial charge in [-0.1, -0.05) is 18.7 Å². The predicted molar refractivity (Wildman–Crippen MR) is 89.3 cm³/mol. The van der Waals surface area contributed by atoms with Crippen LogP contribution in [0.5, 0.6) is 0 Å². The molecule has 2 fully saturated rings. The van der Waals surface area contributed by atoms with Crippen LogP contribution in [0.4, 0.5) is 0 Å². The van der Waals surface area contributed by atoms with Crippen molar-refractivity contribution in [1.29, 1.82) is 0 Å². The average molecular weight is 374 g/mol. The van der Waals surface area contributed by atoms with E-state index in [1.165, 1.54) is 19.2 Å². The number of ether oxygens (including phenoxy) is 1. The SMILES string of the molecule is C=C1CS(=O)C2C(N3C(=O)c4ccccc4C3=O)C(=O)N2C1C(=O)OC. The van der Waals surface area contributed by atoms with Crippen LogP contribution in [0.2, 0.25) is 0 Å². The molecule has 8 nitrogen and oxygen atoms in total. The molecule has 0 saturated carbocycles. The Kier molecular flexibility index (Phi) is 3.58. The van der Waals surface area contributed by atoms with Gasteiger partial charge >= 0.3 is 5.97 Å². The molecular weight excluding hydrogens is 360 g/mol. The highest BCUT2D eigenvalue weighted by molar-refractivity contribution is 7.86. The van der Waals surface area contributed by atoms with Gasteiger partial charge in [-0.15, -0.1) is 0 Å². The van der Waals surface area contributed by atoms with Gasteiger partial charge in [-0.3, -0.25) is 23.5 Å². The Morgan fingerprint density at radius 2 is 1.77 bits per heavy atom. The largest absolute Gasteiger partial charge is 0.467 e. The molecule has 0 radical (unpaired) electrons. The molecule has 9 heteroatoms. The summed E-state index contributed by atoms with van der Waals surface area (Å²) in [6, 6.07) is 4.02. The van der Waals surface area contributed by atoms with Crippen molar-refractivity contribution in [3.63, 3.8) is 0 Å². The zero-order valence-corrected chi connectivity index (χ0v) is 14.5. The molecule has 2 saturated heterocycles. The Labute approximate surface area is 150 Å². The fourth-order valence-corrected chi connectivity index (χ4v) is 5.35. The molecule has 0 aromatic heterocycles. The van der Waals surface area contributed by atoms with Crippen molar-refractivity contribution < 1.29 is 28.1 Å². The summed E-state index contributed by atoms with van der Waals surface area (Å²) in [6.07, 6.45) is 0. The molecule has 3 heterocycles. The van der Waals surface area contributed by atoms with E-state index in [9.17, 15) is 23.4 Å². The molecule has 1 aromatic rings. The molecule has 3 amide bonds. The highest BCUT2D eigenvalue weighted by Crippen LogP contribution is 2.39. The molecule has 4 atom stereocenters. The van der Waals surface area contributed by atoms with Gasteiger partial charge in [0.2, 0.25) is 0 Å². The second-order valence-electron chi connectivity index (χ2n) is 6.22. The van der Waals surface area contributed by atoms with Crippen LogP contribution < -0.4 is 0 Å². The highest BCUT2D eigenvalue weighted by Gasteiger charge is 2.63. The molecule has 0 bridgehead atoms. The number of hydrogen-bond donors (Lipinski definition) is 0. The zero-order valence-electron chi connectivity index (χ0n) is 13.7. The summed E-state index contributed by atoms with van der Waals surface area (Å²) in [5.74, 6) is -2.51. The van der Waals surface area contributed by atoms with Crippen LogP contribution in [0, 0.1) is 0 Å². The van der Waals surface area contributed by atoms with Crippen molar-refractivity contribution >= 4 is 34.5 Å². The molecule has 3 aliphatic rings. The second kappa shape index (κ2) is 5.60. The van der Waals surface area contributed by atoms with Gasteiger partial charge in [-0.2, -0.15) is 0 Å². The molecule has 4 rings (SSSR count). The Balaban J connectivity index is 1.71. The van der Waals surface area contributed by atoms with Crippen LogP contribution in [0.1, 0.15) is 20.7 Å². The summed E-state index contributed by atoms with van der Waals surface area (Å²) >= 11 is 0. The zero-order chi connectivity index (χ0) is 18.7. The molecule has 1 aromatic carbocycles. The van der Waals surface area contributed by atoms with Crippen LogP contribution in [0.3, 0.4) is 0 Å². The second-order valence-corrected chi connectivity index (χ2v) is 7.75. The number of nitrogens with zero attached hydrogens (tertiary/aromatic N) is 2. The van der Waals surface area contributed by atoms with E-state index < -0.39 is 51.9 Å². The van der Waals surface area contributed by atoms with Gasteiger partial charge in [0, 0.05) is 5.75 Å². The number of imide groups is 1. The van der Waals surface area contributed by atoms with E-state index in [-0.39, 0.29) is 16.9 Å². The number of amides is 3. The lowest BCUT2D eigenvalue weighted by molar-refractivity contribution is -0.163. The standard InChI is InChI=1S/C17H14N2O6S/c1-8-7-26(24)16-12(15(22)19(16)11(8)17(23)25-2)18-13(20)9-5-3-4-6-10(9)14(18)21/h3-6,11-12,16H,1,7H2,2H3. The quantitative estimate of drug-likeness (QED) is 0.304. The van der Waals surface area contributed by atoms with Gasteiger partial charge in [0.1, 0.15) is 5.37 Å². The fraction of sp³-hybridized carbons (Fsp3) is 0.294. The van der Waals surface area contributed by atoms with Gasteiger partial charge in [-0.25, -0.2) is 4.79 Å². The van der Waals surface area contributed by atoms with Crippen molar-refractivity contribution in [1.82, 2.24) is 9.80 Å². The Morgan fingerprint density at radius 3 is 2.31 bits per heavy atom. The summed E-state index contributed by atoms with van der Waals surface area (Å²) in [4.78, 5) is 52.0. The summed E-state index contributed by atoms with van der Waals surface area (Å²) in [5.41, 5.74) is 0.721. The van der Waals surface area contributed by atoms with Crippen LogP contribution in [-0.4, -0.2) is 68.0 Å². The first-order chi connectivity index (χ1) is 12.4. The number of β-lactam (4-membered cyclic amide) rings is 1. The minimum atomic E-state index is -1.59. The molecule has 0 aliphatic carbocycles. The summed E-state index contributed by atoms with van der Waals surface area (Å²) in [6.45, 7) is 3.72. The molecular formula is C17H14N2O6S. The highest BCUT2D eigenvalue weighted by atomic mass is 32.2. The first-order valence-electron chi connectivity index (χ1n) is 7.80. The molecule has 134 valence electrons. The third kappa shape index (κ3) is 1.97. The van der Waals surface area contributed by atoms with Gasteiger partial charge in [0.25, 0.3) is 17.7 Å². The maximum atomic E-state index is 12.7. The van der Waals surface area contributed by atoms with Crippen molar-refractivity contribution in [3.05, 3.63) is 47.5 Å². The summed E-state index contributed by atoms with van der Waals surface area (Å²) < 4.78 is 17.3. The molecule has 4 unspecified atom stereocenters. The molecule has 26 heavy (non-hydrogen) atoms. The van der Waals surface area contributed by atoms with Gasteiger partial charge in [0.05, 0.1) is 29.0 Å². The minimum Gasteiger partial charge on any atom is -0.467 e. The van der Waals surface area contributed by atoms with Crippen LogP contribution in [-0.2, 0) is 25.1 Å². The van der Waals surface area contributed by atoms with Crippen molar-refractivity contribution in [3.8, 4) is 0 Å². The van der Waals surface area contributed by atoms with E-state index in [0.717, 1.165) is 9.80 Å². The first-order valence-corrected chi connectivity index (χ1v) is 9.18. The van der Waals surface area contributed by atoms with E-state index >= 15 is 0 Å². The number of rotatable bonds is 2. The molecule has 3 aliphatic heterocycles. The number of methoxy groups -OCH3 is 1. The Morgan fingerprint density at radius 1 is 1.19 bits per heavy atom. The maximum absolute atomic E-state index is 12.7. The number of carbonyl (C=O) groups is 4. The lowest BCUT2D eigenvalue weighted by Crippen LogP contribution is -2.78. The first kappa shape index (κ1) is 16.6.